The van der Waals surface area contributed by atoms with Gasteiger partial charge in [0.2, 0.25) is 0 Å². The van der Waals surface area contributed by atoms with Gasteiger partial charge in [0.1, 0.15) is 6.79 Å². The Kier molecular flexibility index (Phi) is 8.30. The van der Waals surface area contributed by atoms with E-state index in [1.54, 1.807) is 13.2 Å². The molecule has 0 amide bonds. The molecule has 4 heteroatoms. The van der Waals surface area contributed by atoms with Crippen LogP contribution >= 0.6 is 0 Å². The highest BCUT2D eigenvalue weighted by Crippen LogP contribution is 2.29. The second-order valence-corrected chi connectivity index (χ2v) is 5.37. The number of rotatable bonds is 9. The van der Waals surface area contributed by atoms with Gasteiger partial charge < -0.3 is 19.3 Å². The summed E-state index contributed by atoms with van der Waals surface area (Å²) in [5.74, 6) is 0.510. The first-order valence-corrected chi connectivity index (χ1v) is 7.18. The van der Waals surface area contributed by atoms with Crippen LogP contribution in [0.5, 0.6) is 0 Å². The number of ether oxygens (including phenoxy) is 3. The number of methoxy groups -OCH3 is 1. The Morgan fingerprint density at radius 2 is 2.26 bits per heavy atom. The van der Waals surface area contributed by atoms with E-state index in [2.05, 4.69) is 13.5 Å². The van der Waals surface area contributed by atoms with E-state index in [1.165, 1.54) is 0 Å². The molecule has 0 saturated carbocycles. The Bertz CT molecular complexity index is 244. The summed E-state index contributed by atoms with van der Waals surface area (Å²) in [6.07, 6.45) is 6.26. The smallest absolute Gasteiger partial charge is 0.146 e. The third-order valence-electron chi connectivity index (χ3n) is 3.67. The van der Waals surface area contributed by atoms with Gasteiger partial charge in [-0.1, -0.05) is 13.0 Å². The molecule has 0 aromatic carbocycles. The van der Waals surface area contributed by atoms with Gasteiger partial charge in [0.15, 0.2) is 0 Å². The molecular formula is C15H28O4. The number of hydrogen-bond acceptors (Lipinski definition) is 4. The number of hydrogen-bond donors (Lipinski definition) is 1. The lowest BCUT2D eigenvalue weighted by Crippen LogP contribution is -2.36. The summed E-state index contributed by atoms with van der Waals surface area (Å²) in [5, 5.41) is 9.86. The Morgan fingerprint density at radius 1 is 1.47 bits per heavy atom. The van der Waals surface area contributed by atoms with Gasteiger partial charge >= 0.3 is 0 Å². The Balaban J connectivity index is 2.29. The summed E-state index contributed by atoms with van der Waals surface area (Å²) in [4.78, 5) is 0. The van der Waals surface area contributed by atoms with Crippen molar-refractivity contribution in [1.82, 2.24) is 0 Å². The molecule has 1 saturated heterocycles. The second-order valence-electron chi connectivity index (χ2n) is 5.37. The van der Waals surface area contributed by atoms with Gasteiger partial charge in [-0.2, -0.15) is 0 Å². The molecule has 1 aliphatic heterocycles. The highest BCUT2D eigenvalue weighted by atomic mass is 16.7. The minimum absolute atomic E-state index is 0.149. The van der Waals surface area contributed by atoms with Crippen molar-refractivity contribution in [3.8, 4) is 0 Å². The maximum absolute atomic E-state index is 9.86. The average molecular weight is 272 g/mol. The maximum atomic E-state index is 9.86. The molecule has 1 rings (SSSR count). The largest absolute Gasteiger partial charge is 0.393 e. The second kappa shape index (κ2) is 9.48. The van der Waals surface area contributed by atoms with Crippen LogP contribution in [-0.2, 0) is 14.2 Å². The molecule has 0 aromatic rings. The predicted octanol–water partition coefficient (Wildman–Crippen LogP) is 2.51. The predicted molar refractivity (Wildman–Crippen MR) is 74.9 cm³/mol. The fourth-order valence-corrected chi connectivity index (χ4v) is 2.50. The molecular weight excluding hydrogens is 244 g/mol. The summed E-state index contributed by atoms with van der Waals surface area (Å²) in [6.45, 7) is 6.85. The lowest BCUT2D eigenvalue weighted by molar-refractivity contribution is -0.111. The Hall–Kier alpha value is -0.420. The van der Waals surface area contributed by atoms with E-state index >= 15 is 0 Å². The van der Waals surface area contributed by atoms with E-state index in [1.807, 2.05) is 0 Å². The summed E-state index contributed by atoms with van der Waals surface area (Å²) in [6, 6.07) is 0. The molecule has 0 aliphatic carbocycles. The molecule has 0 aromatic heterocycles. The fraction of sp³-hybridized carbons (Fsp3) is 0.867. The highest BCUT2D eigenvalue weighted by Gasteiger charge is 2.29. The van der Waals surface area contributed by atoms with E-state index in [9.17, 15) is 5.11 Å². The lowest BCUT2D eigenvalue weighted by atomic mass is 9.89. The van der Waals surface area contributed by atoms with E-state index in [-0.39, 0.29) is 18.3 Å². The summed E-state index contributed by atoms with van der Waals surface area (Å²) in [5.41, 5.74) is 0. The topological polar surface area (TPSA) is 47.9 Å². The first kappa shape index (κ1) is 16.6. The molecule has 0 unspecified atom stereocenters. The monoisotopic (exact) mass is 272 g/mol. The standard InChI is InChI=1S/C15H28O4/c1-4-5-13(16)10-15-12(2)6-7-14(19-15)8-9-18-11-17-3/h4,12-16H,1,5-11H2,2-3H3/t12-,13-,14-,15+/m0/s1. The highest BCUT2D eigenvalue weighted by molar-refractivity contribution is 4.81. The van der Waals surface area contributed by atoms with Gasteiger partial charge in [0.25, 0.3) is 0 Å². The van der Waals surface area contributed by atoms with Crippen LogP contribution in [0, 0.1) is 5.92 Å². The van der Waals surface area contributed by atoms with Crippen molar-refractivity contribution in [2.75, 3.05) is 20.5 Å². The van der Waals surface area contributed by atoms with E-state index in [0.717, 1.165) is 19.3 Å². The molecule has 1 fully saturated rings. The molecule has 0 bridgehead atoms. The lowest BCUT2D eigenvalue weighted by Gasteiger charge is -2.36. The average Bonchev–Trinajstić information content (AvgIpc) is 2.38. The van der Waals surface area contributed by atoms with Crippen molar-refractivity contribution in [2.24, 2.45) is 5.92 Å². The van der Waals surface area contributed by atoms with Gasteiger partial charge in [-0.25, -0.2) is 0 Å². The fourth-order valence-electron chi connectivity index (χ4n) is 2.50. The maximum Gasteiger partial charge on any atom is 0.146 e. The molecule has 1 N–H and O–H groups in total. The van der Waals surface area contributed by atoms with E-state index < -0.39 is 0 Å². The van der Waals surface area contributed by atoms with Crippen LogP contribution in [-0.4, -0.2) is 43.9 Å². The van der Waals surface area contributed by atoms with Gasteiger partial charge in [0, 0.05) is 13.5 Å². The Labute approximate surface area is 116 Å². The number of aliphatic hydroxyl groups excluding tert-OH is 1. The van der Waals surface area contributed by atoms with Crippen molar-refractivity contribution >= 4 is 0 Å². The van der Waals surface area contributed by atoms with Crippen molar-refractivity contribution in [1.29, 1.82) is 0 Å². The van der Waals surface area contributed by atoms with Crippen LogP contribution in [0.15, 0.2) is 12.7 Å². The van der Waals surface area contributed by atoms with E-state index in [4.69, 9.17) is 14.2 Å². The van der Waals surface area contributed by atoms with Crippen LogP contribution in [0.2, 0.25) is 0 Å². The molecule has 4 nitrogen and oxygen atoms in total. The van der Waals surface area contributed by atoms with Gasteiger partial charge in [-0.05, 0) is 31.6 Å². The van der Waals surface area contributed by atoms with Crippen LogP contribution in [0.4, 0.5) is 0 Å². The van der Waals surface area contributed by atoms with E-state index in [0.29, 0.717) is 32.2 Å². The third-order valence-corrected chi connectivity index (χ3v) is 3.67. The molecule has 4 atom stereocenters. The third kappa shape index (κ3) is 6.52. The summed E-state index contributed by atoms with van der Waals surface area (Å²) >= 11 is 0. The van der Waals surface area contributed by atoms with Crippen LogP contribution in [0.25, 0.3) is 0 Å². The zero-order valence-corrected chi connectivity index (χ0v) is 12.2. The Morgan fingerprint density at radius 3 is 2.95 bits per heavy atom. The van der Waals surface area contributed by atoms with Gasteiger partial charge in [0.05, 0.1) is 24.9 Å². The molecule has 1 heterocycles. The van der Waals surface area contributed by atoms with Crippen molar-refractivity contribution in [2.45, 2.75) is 57.3 Å². The first-order chi connectivity index (χ1) is 9.17. The molecule has 112 valence electrons. The zero-order chi connectivity index (χ0) is 14.1. The van der Waals surface area contributed by atoms with Crippen LogP contribution in [0.1, 0.15) is 39.0 Å². The normalized spacial score (nSPS) is 29.1. The summed E-state index contributed by atoms with van der Waals surface area (Å²) in [7, 11) is 1.62. The SMILES string of the molecule is C=CC[C@H](O)C[C@H]1O[C@H](CCOCOC)CC[C@@H]1C. The first-order valence-electron chi connectivity index (χ1n) is 7.18. The van der Waals surface area contributed by atoms with Gasteiger partial charge in [-0.15, -0.1) is 6.58 Å². The van der Waals surface area contributed by atoms with Crippen LogP contribution < -0.4 is 0 Å². The molecule has 19 heavy (non-hydrogen) atoms. The zero-order valence-electron chi connectivity index (χ0n) is 12.2. The summed E-state index contributed by atoms with van der Waals surface area (Å²) < 4.78 is 16.2. The molecule has 0 radical (unpaired) electrons. The van der Waals surface area contributed by atoms with Crippen molar-refractivity contribution in [3.05, 3.63) is 12.7 Å². The quantitative estimate of drug-likeness (QED) is 0.398. The van der Waals surface area contributed by atoms with Crippen molar-refractivity contribution < 1.29 is 19.3 Å². The minimum Gasteiger partial charge on any atom is -0.393 e. The van der Waals surface area contributed by atoms with Crippen LogP contribution in [0.3, 0.4) is 0 Å². The van der Waals surface area contributed by atoms with Gasteiger partial charge in [-0.3, -0.25) is 0 Å². The molecule has 0 spiro atoms. The number of aliphatic hydroxyl groups is 1. The minimum atomic E-state index is -0.339. The molecule has 1 aliphatic rings. The van der Waals surface area contributed by atoms with Crippen molar-refractivity contribution in [3.63, 3.8) is 0 Å².